The minimum atomic E-state index is -2.19. The predicted octanol–water partition coefficient (Wildman–Crippen LogP) is 6.23. The van der Waals surface area contributed by atoms with Crippen molar-refractivity contribution in [1.29, 1.82) is 0 Å². The summed E-state index contributed by atoms with van der Waals surface area (Å²) in [7, 11) is -0.711. The lowest BCUT2D eigenvalue weighted by atomic mass is 10.1. The molecule has 2 N–H and O–H groups in total. The van der Waals surface area contributed by atoms with Crippen LogP contribution in [0.15, 0.2) is 101 Å². The number of nitrogens with zero attached hydrogens (tertiary/aromatic N) is 1. The van der Waals surface area contributed by atoms with Gasteiger partial charge in [0.2, 0.25) is 0 Å². The number of carbonyl (C=O) groups excluding carboxylic acids is 2. The van der Waals surface area contributed by atoms with Crippen LogP contribution in [0.1, 0.15) is 26.3 Å². The highest BCUT2D eigenvalue weighted by Crippen LogP contribution is 2.36. The molecule has 0 aliphatic heterocycles. The van der Waals surface area contributed by atoms with Crippen molar-refractivity contribution in [2.24, 2.45) is 0 Å². The van der Waals surface area contributed by atoms with Gasteiger partial charge in [0.25, 0.3) is 16.7 Å². The molecule has 0 saturated carbocycles. The number of methoxy groups -OCH3 is 1. The van der Waals surface area contributed by atoms with Gasteiger partial charge in [0.1, 0.15) is 5.75 Å². The largest absolute Gasteiger partial charge is 0.495 e. The van der Waals surface area contributed by atoms with Gasteiger partial charge in [-0.15, -0.1) is 0 Å². The highest BCUT2D eigenvalue weighted by Gasteiger charge is 2.23. The second kappa shape index (κ2) is 12.4. The molecule has 1 amide bonds. The normalized spacial score (nSPS) is 11.3. The van der Waals surface area contributed by atoms with E-state index in [4.69, 9.17) is 4.74 Å². The van der Waals surface area contributed by atoms with Gasteiger partial charge in [0.05, 0.1) is 29.0 Å². The number of rotatable bonds is 9. The van der Waals surface area contributed by atoms with Crippen molar-refractivity contribution in [2.75, 3.05) is 17.1 Å². The highest BCUT2D eigenvalue weighted by molar-refractivity contribution is 8.02. The van der Waals surface area contributed by atoms with Crippen LogP contribution in [0.4, 0.5) is 17.1 Å². The lowest BCUT2D eigenvalue weighted by Gasteiger charge is -2.16. The van der Waals surface area contributed by atoms with Gasteiger partial charge in [-0.2, -0.15) is 0 Å². The van der Waals surface area contributed by atoms with E-state index in [2.05, 4.69) is 10.0 Å². The number of hydrogen-bond donors (Lipinski definition) is 2. The van der Waals surface area contributed by atoms with Gasteiger partial charge < -0.3 is 10.1 Å². The van der Waals surface area contributed by atoms with Gasteiger partial charge in [-0.1, -0.05) is 59.8 Å². The van der Waals surface area contributed by atoms with Crippen LogP contribution in [0.25, 0.3) is 0 Å². The fraction of sp³-hybridized carbons (Fsp3) is 0.0714. The molecule has 0 bridgehead atoms. The first-order valence-electron chi connectivity index (χ1n) is 11.6. The molecule has 0 heterocycles. The third kappa shape index (κ3) is 6.70. The smallest absolute Gasteiger partial charge is 0.269 e. The van der Waals surface area contributed by atoms with E-state index in [0.717, 1.165) is 5.56 Å². The van der Waals surface area contributed by atoms with Gasteiger partial charge in [0, 0.05) is 27.5 Å². The fourth-order valence-electron chi connectivity index (χ4n) is 3.57. The summed E-state index contributed by atoms with van der Waals surface area (Å²) in [5, 5.41) is 13.2. The summed E-state index contributed by atoms with van der Waals surface area (Å²) >= 11 is 1.19. The van der Waals surface area contributed by atoms with E-state index in [1.165, 1.54) is 31.0 Å². The minimum Gasteiger partial charge on any atom is -0.495 e. The summed E-state index contributed by atoms with van der Waals surface area (Å²) in [6, 6.07) is 24.3. The Bertz CT molecular complexity index is 1560. The molecule has 4 rings (SSSR count). The first kappa shape index (κ1) is 27.6. The topological polar surface area (TPSA) is 128 Å². The molecule has 0 spiro atoms. The quantitative estimate of drug-likeness (QED) is 0.183. The number of nitro benzene ring substituents is 1. The van der Waals surface area contributed by atoms with E-state index in [1.54, 1.807) is 78.9 Å². The van der Waals surface area contributed by atoms with E-state index in [-0.39, 0.29) is 22.5 Å². The molecule has 9 nitrogen and oxygen atoms in total. The van der Waals surface area contributed by atoms with E-state index in [0.29, 0.717) is 21.2 Å². The van der Waals surface area contributed by atoms with Gasteiger partial charge in [-0.05, 0) is 43.3 Å². The molecule has 4 aromatic rings. The SMILES string of the molecule is COc1ccccc1NC(=O)c1c(NS(=O)C(=O)c2ccc(C)cc2)cccc1Sc1ccc([N+](=O)[O-])cc1. The van der Waals surface area contributed by atoms with Crippen LogP contribution in [0.2, 0.25) is 0 Å². The first-order valence-corrected chi connectivity index (χ1v) is 13.5. The van der Waals surface area contributed by atoms with Gasteiger partial charge in [0.15, 0.2) is 11.0 Å². The minimum absolute atomic E-state index is 0.0612. The van der Waals surface area contributed by atoms with Crippen LogP contribution in [0.5, 0.6) is 5.75 Å². The molecule has 39 heavy (non-hydrogen) atoms. The Balaban J connectivity index is 1.70. The molecule has 1 atom stereocenters. The zero-order valence-corrected chi connectivity index (χ0v) is 22.5. The molecule has 198 valence electrons. The zero-order chi connectivity index (χ0) is 27.9. The number of ether oxygens (including phenoxy) is 1. The lowest BCUT2D eigenvalue weighted by Crippen LogP contribution is -2.20. The number of carbonyl (C=O) groups is 2. The average molecular weight is 562 g/mol. The summed E-state index contributed by atoms with van der Waals surface area (Å²) in [4.78, 5) is 38.1. The summed E-state index contributed by atoms with van der Waals surface area (Å²) in [5.41, 5.74) is 1.89. The van der Waals surface area contributed by atoms with Crippen molar-refractivity contribution in [3.05, 3.63) is 118 Å². The number of anilines is 2. The van der Waals surface area contributed by atoms with E-state index >= 15 is 0 Å². The lowest BCUT2D eigenvalue weighted by molar-refractivity contribution is -0.384. The molecule has 11 heteroatoms. The second-order valence-electron chi connectivity index (χ2n) is 8.21. The van der Waals surface area contributed by atoms with Crippen LogP contribution in [-0.2, 0) is 11.0 Å². The van der Waals surface area contributed by atoms with Crippen LogP contribution >= 0.6 is 11.8 Å². The number of para-hydroxylation sites is 2. The van der Waals surface area contributed by atoms with E-state index < -0.39 is 26.9 Å². The fourth-order valence-corrected chi connectivity index (χ4v) is 5.36. The Morgan fingerprint density at radius 2 is 1.56 bits per heavy atom. The molecule has 0 radical (unpaired) electrons. The number of amides is 1. The highest BCUT2D eigenvalue weighted by atomic mass is 32.2. The van der Waals surface area contributed by atoms with Crippen molar-refractivity contribution in [2.45, 2.75) is 16.7 Å². The summed E-state index contributed by atoms with van der Waals surface area (Å²) in [5.74, 6) is -0.0919. The standard InChI is InChI=1S/C28H23N3O6S2/c1-18-10-12-19(13-11-18)28(33)39(36)30-23-7-5-9-25(38-21-16-14-20(15-17-21)31(34)35)26(23)27(32)29-22-6-3-4-8-24(22)37-2/h3-17,30H,1-2H3,(H,29,32). The third-order valence-electron chi connectivity index (χ3n) is 5.54. The van der Waals surface area contributed by atoms with Crippen molar-refractivity contribution >= 4 is 50.8 Å². The number of benzene rings is 4. The van der Waals surface area contributed by atoms with Crippen LogP contribution in [0, 0.1) is 17.0 Å². The van der Waals surface area contributed by atoms with Gasteiger partial charge in [-0.3, -0.25) is 24.4 Å². The summed E-state index contributed by atoms with van der Waals surface area (Å²) in [6.45, 7) is 1.88. The van der Waals surface area contributed by atoms with Crippen molar-refractivity contribution < 1.29 is 23.5 Å². The molecule has 0 saturated heterocycles. The molecule has 0 aliphatic carbocycles. The number of nitro groups is 1. The Morgan fingerprint density at radius 3 is 2.23 bits per heavy atom. The molecular weight excluding hydrogens is 538 g/mol. The molecule has 0 fully saturated rings. The van der Waals surface area contributed by atoms with Crippen LogP contribution in [0.3, 0.4) is 0 Å². The van der Waals surface area contributed by atoms with Crippen LogP contribution < -0.4 is 14.8 Å². The van der Waals surface area contributed by atoms with Crippen LogP contribution in [-0.4, -0.2) is 27.3 Å². The summed E-state index contributed by atoms with van der Waals surface area (Å²) in [6.07, 6.45) is 0. The summed E-state index contributed by atoms with van der Waals surface area (Å²) < 4.78 is 21.1. The number of nitrogens with one attached hydrogen (secondary N) is 2. The number of hydrogen-bond acceptors (Lipinski definition) is 7. The Kier molecular flexibility index (Phi) is 8.74. The Hall–Kier alpha value is -4.48. The number of aryl methyl sites for hydroxylation is 1. The predicted molar refractivity (Wildman–Crippen MR) is 152 cm³/mol. The zero-order valence-electron chi connectivity index (χ0n) is 20.9. The Morgan fingerprint density at radius 1 is 0.897 bits per heavy atom. The van der Waals surface area contributed by atoms with Crippen molar-refractivity contribution in [3.8, 4) is 5.75 Å². The molecule has 1 unspecified atom stereocenters. The second-order valence-corrected chi connectivity index (χ2v) is 10.4. The molecular formula is C28H23N3O6S2. The van der Waals surface area contributed by atoms with Crippen molar-refractivity contribution in [3.63, 3.8) is 0 Å². The average Bonchev–Trinajstić information content (AvgIpc) is 2.93. The maximum atomic E-state index is 13.6. The monoisotopic (exact) mass is 561 g/mol. The first-order chi connectivity index (χ1) is 18.8. The van der Waals surface area contributed by atoms with E-state index in [1.807, 2.05) is 6.92 Å². The molecule has 0 aliphatic rings. The van der Waals surface area contributed by atoms with E-state index in [9.17, 15) is 23.9 Å². The Labute approximate surface area is 231 Å². The molecule has 0 aromatic heterocycles. The third-order valence-corrected chi connectivity index (χ3v) is 7.59. The number of non-ortho nitro benzene ring substituents is 1. The van der Waals surface area contributed by atoms with Gasteiger partial charge in [-0.25, -0.2) is 4.21 Å². The maximum absolute atomic E-state index is 13.6. The maximum Gasteiger partial charge on any atom is 0.269 e. The van der Waals surface area contributed by atoms with Crippen molar-refractivity contribution in [1.82, 2.24) is 0 Å². The van der Waals surface area contributed by atoms with Gasteiger partial charge >= 0.3 is 0 Å². The molecule has 4 aromatic carbocycles.